The lowest BCUT2D eigenvalue weighted by atomic mass is 9.94. The number of carbonyl (C=O) groups is 3. The van der Waals surface area contributed by atoms with Gasteiger partial charge in [0.1, 0.15) is 17.7 Å². The molecule has 0 heterocycles. The minimum atomic E-state index is -0.927. The molecule has 2 N–H and O–H groups in total. The van der Waals surface area contributed by atoms with Crippen molar-refractivity contribution in [3.8, 4) is 0 Å². The van der Waals surface area contributed by atoms with Crippen LogP contribution in [0.2, 0.25) is 0 Å². The maximum Gasteiger partial charge on any atom is 0.408 e. The topological polar surface area (TPSA) is 87.7 Å². The van der Waals surface area contributed by atoms with E-state index in [2.05, 4.69) is 37.1 Å². The summed E-state index contributed by atoms with van der Waals surface area (Å²) in [6.07, 6.45) is 7.45. The van der Waals surface area contributed by atoms with Crippen molar-refractivity contribution in [2.45, 2.75) is 118 Å². The average Bonchev–Trinajstić information content (AvgIpc) is 2.84. The first kappa shape index (κ1) is 33.8. The monoisotopic (exact) mass is 549 g/mol. The van der Waals surface area contributed by atoms with Crippen LogP contribution in [0, 0.1) is 13.8 Å². The second-order valence-electron chi connectivity index (χ2n) is 11.0. The lowest BCUT2D eigenvalue weighted by molar-refractivity contribution is -0.142. The molecule has 0 saturated heterocycles. The highest BCUT2D eigenvalue weighted by molar-refractivity contribution is 7.80. The zero-order valence-corrected chi connectivity index (χ0v) is 25.6. The Labute approximate surface area is 236 Å². The summed E-state index contributed by atoms with van der Waals surface area (Å²) in [6.45, 7) is 14.5. The van der Waals surface area contributed by atoms with Crippen LogP contribution < -0.4 is 10.6 Å². The van der Waals surface area contributed by atoms with Crippen LogP contribution in [-0.2, 0) is 14.3 Å². The van der Waals surface area contributed by atoms with E-state index in [4.69, 9.17) is 4.74 Å². The number of nitrogens with one attached hydrogen (secondary N) is 2. The fourth-order valence-electron chi connectivity index (χ4n) is 4.27. The Morgan fingerprint density at radius 1 is 0.974 bits per heavy atom. The summed E-state index contributed by atoms with van der Waals surface area (Å²) in [6, 6.07) is 4.12. The van der Waals surface area contributed by atoms with Crippen molar-refractivity contribution >= 4 is 30.5 Å². The quantitative estimate of drug-likeness (QED) is 0.167. The minimum absolute atomic E-state index is 0.0854. The largest absolute Gasteiger partial charge is 0.444 e. The molecule has 1 rings (SSSR count). The Morgan fingerprint density at radius 3 is 2.21 bits per heavy atom. The van der Waals surface area contributed by atoms with E-state index in [1.54, 1.807) is 25.7 Å². The van der Waals surface area contributed by atoms with Crippen molar-refractivity contribution < 1.29 is 19.1 Å². The number of nitrogens with zero attached hydrogens (tertiary/aromatic N) is 1. The molecule has 0 radical (unpaired) electrons. The molecule has 0 saturated carbocycles. The van der Waals surface area contributed by atoms with E-state index in [1.165, 1.54) is 6.42 Å². The van der Waals surface area contributed by atoms with E-state index in [0.29, 0.717) is 13.1 Å². The second-order valence-corrected chi connectivity index (χ2v) is 11.4. The lowest BCUT2D eigenvalue weighted by Gasteiger charge is -2.35. The SMILES string of the molecule is CCCCCCCCN(C(=O)C(CS)NC(=O)OC(C)(C)C)C(C(=O)NCCCC)c1cccc(C)c1C. The van der Waals surface area contributed by atoms with Gasteiger partial charge in [-0.15, -0.1) is 0 Å². The van der Waals surface area contributed by atoms with Gasteiger partial charge in [0.05, 0.1) is 0 Å². The number of alkyl carbamates (subject to hydrolysis) is 1. The number of hydrogen-bond donors (Lipinski definition) is 3. The zero-order valence-electron chi connectivity index (χ0n) is 24.7. The molecule has 0 fully saturated rings. The van der Waals surface area contributed by atoms with Gasteiger partial charge < -0.3 is 20.3 Å². The Kier molecular flexibility index (Phi) is 15.5. The fourth-order valence-corrected chi connectivity index (χ4v) is 4.52. The Bertz CT molecular complexity index is 885. The van der Waals surface area contributed by atoms with Crippen molar-refractivity contribution in [2.75, 3.05) is 18.8 Å². The first-order chi connectivity index (χ1) is 18.0. The van der Waals surface area contributed by atoms with E-state index in [-0.39, 0.29) is 17.6 Å². The first-order valence-electron chi connectivity index (χ1n) is 14.2. The molecule has 0 aliphatic heterocycles. The highest BCUT2D eigenvalue weighted by atomic mass is 32.1. The number of aryl methyl sites for hydroxylation is 1. The summed E-state index contributed by atoms with van der Waals surface area (Å²) in [7, 11) is 0. The third-order valence-electron chi connectivity index (χ3n) is 6.54. The molecule has 2 unspecified atom stereocenters. The first-order valence-corrected chi connectivity index (χ1v) is 14.8. The van der Waals surface area contributed by atoms with Crippen molar-refractivity contribution in [3.05, 3.63) is 34.9 Å². The zero-order chi connectivity index (χ0) is 28.7. The molecule has 38 heavy (non-hydrogen) atoms. The molecule has 1 aromatic rings. The Hall–Kier alpha value is -2.22. The average molecular weight is 550 g/mol. The summed E-state index contributed by atoms with van der Waals surface area (Å²) in [4.78, 5) is 41.9. The van der Waals surface area contributed by atoms with E-state index in [0.717, 1.165) is 61.6 Å². The predicted octanol–water partition coefficient (Wildman–Crippen LogP) is 6.27. The van der Waals surface area contributed by atoms with Gasteiger partial charge in [0.25, 0.3) is 0 Å². The van der Waals surface area contributed by atoms with Crippen molar-refractivity contribution in [1.82, 2.24) is 15.5 Å². The van der Waals surface area contributed by atoms with Crippen LogP contribution in [0.5, 0.6) is 0 Å². The number of benzene rings is 1. The maximum absolute atomic E-state index is 14.0. The molecular formula is C30H51N3O4S. The summed E-state index contributed by atoms with van der Waals surface area (Å²) >= 11 is 4.38. The number of ether oxygens (including phenoxy) is 1. The lowest BCUT2D eigenvalue weighted by Crippen LogP contribution is -2.54. The smallest absolute Gasteiger partial charge is 0.408 e. The fraction of sp³-hybridized carbons (Fsp3) is 0.700. The Morgan fingerprint density at radius 2 is 1.61 bits per heavy atom. The van der Waals surface area contributed by atoms with Crippen LogP contribution >= 0.6 is 12.6 Å². The molecule has 0 aliphatic rings. The van der Waals surface area contributed by atoms with Gasteiger partial charge in [0, 0.05) is 18.8 Å². The molecule has 2 atom stereocenters. The Balaban J connectivity index is 3.38. The van der Waals surface area contributed by atoms with E-state index in [9.17, 15) is 14.4 Å². The molecule has 0 spiro atoms. The summed E-state index contributed by atoms with van der Waals surface area (Å²) < 4.78 is 5.39. The van der Waals surface area contributed by atoms with Crippen LogP contribution in [0.3, 0.4) is 0 Å². The van der Waals surface area contributed by atoms with Gasteiger partial charge in [0.15, 0.2) is 0 Å². The number of amides is 3. The van der Waals surface area contributed by atoms with Gasteiger partial charge in [-0.3, -0.25) is 9.59 Å². The molecule has 1 aromatic carbocycles. The standard InChI is InChI=1S/C30H51N3O4S/c1-8-10-12-13-14-15-20-33(28(35)25(21-38)32-29(36)37-30(5,6)7)26(27(34)31-19-11-9-2)24-18-16-17-22(3)23(24)4/h16-18,25-26,38H,8-15,19-21H2,1-7H3,(H,31,34)(H,32,36). The third kappa shape index (κ3) is 11.7. The van der Waals surface area contributed by atoms with Crippen LogP contribution in [0.4, 0.5) is 4.79 Å². The second kappa shape index (κ2) is 17.4. The van der Waals surface area contributed by atoms with Gasteiger partial charge in [-0.05, 0) is 64.2 Å². The van der Waals surface area contributed by atoms with Crippen molar-refractivity contribution in [3.63, 3.8) is 0 Å². The highest BCUT2D eigenvalue weighted by Gasteiger charge is 2.36. The van der Waals surface area contributed by atoms with Gasteiger partial charge in [-0.1, -0.05) is 70.6 Å². The van der Waals surface area contributed by atoms with Gasteiger partial charge >= 0.3 is 6.09 Å². The van der Waals surface area contributed by atoms with Gasteiger partial charge in [-0.2, -0.15) is 12.6 Å². The van der Waals surface area contributed by atoms with Gasteiger partial charge in [-0.25, -0.2) is 4.79 Å². The summed E-state index contributed by atoms with van der Waals surface area (Å²) in [5, 5.41) is 5.73. The molecule has 0 aromatic heterocycles. The molecule has 8 heteroatoms. The number of carbonyl (C=O) groups excluding carboxylic acids is 3. The minimum Gasteiger partial charge on any atom is -0.444 e. The maximum atomic E-state index is 14.0. The van der Waals surface area contributed by atoms with Crippen LogP contribution in [0.15, 0.2) is 18.2 Å². The van der Waals surface area contributed by atoms with Crippen molar-refractivity contribution in [2.24, 2.45) is 0 Å². The van der Waals surface area contributed by atoms with Crippen molar-refractivity contribution in [1.29, 1.82) is 0 Å². The predicted molar refractivity (Wildman–Crippen MR) is 159 cm³/mol. The summed E-state index contributed by atoms with van der Waals surface area (Å²) in [5.41, 5.74) is 2.13. The highest BCUT2D eigenvalue weighted by Crippen LogP contribution is 2.28. The molecule has 0 bridgehead atoms. The van der Waals surface area contributed by atoms with Crippen LogP contribution in [0.25, 0.3) is 0 Å². The number of unbranched alkanes of at least 4 members (excludes halogenated alkanes) is 6. The molecule has 0 aliphatic carbocycles. The number of hydrogen-bond acceptors (Lipinski definition) is 5. The van der Waals surface area contributed by atoms with Crippen LogP contribution in [0.1, 0.15) is 109 Å². The normalized spacial score (nSPS) is 12.9. The molecule has 216 valence electrons. The van der Waals surface area contributed by atoms with E-state index in [1.807, 2.05) is 32.0 Å². The summed E-state index contributed by atoms with van der Waals surface area (Å²) in [5.74, 6) is -0.458. The molecular weight excluding hydrogens is 498 g/mol. The number of rotatable bonds is 16. The number of thiol groups is 1. The van der Waals surface area contributed by atoms with E-state index >= 15 is 0 Å². The van der Waals surface area contributed by atoms with Crippen LogP contribution in [-0.4, -0.2) is 53.3 Å². The van der Waals surface area contributed by atoms with E-state index < -0.39 is 23.8 Å². The third-order valence-corrected chi connectivity index (χ3v) is 6.90. The molecule has 3 amide bonds. The van der Waals surface area contributed by atoms with Gasteiger partial charge in [0.2, 0.25) is 11.8 Å². The molecule has 7 nitrogen and oxygen atoms in total.